The van der Waals surface area contributed by atoms with Crippen molar-refractivity contribution in [2.75, 3.05) is 0 Å². The van der Waals surface area contributed by atoms with E-state index in [2.05, 4.69) is 9.97 Å². The summed E-state index contributed by atoms with van der Waals surface area (Å²) in [6.07, 6.45) is 0. The standard InChI is InChI=1S/C14H6Cl3FN2S/c15-10-6-5-9(21-10)14-19-12(16)11(13(17)20-14)7-1-3-8(18)4-2-7/h1-6H. The zero-order chi connectivity index (χ0) is 15.0. The minimum atomic E-state index is -0.336. The van der Waals surface area contributed by atoms with Gasteiger partial charge < -0.3 is 0 Å². The van der Waals surface area contributed by atoms with Crippen LogP contribution in [0.1, 0.15) is 0 Å². The van der Waals surface area contributed by atoms with Gasteiger partial charge in [-0.15, -0.1) is 11.3 Å². The number of thiophene rings is 1. The third-order valence-electron chi connectivity index (χ3n) is 2.75. The molecule has 0 aliphatic carbocycles. The van der Waals surface area contributed by atoms with Gasteiger partial charge in [0.2, 0.25) is 0 Å². The van der Waals surface area contributed by atoms with Crippen LogP contribution in [0.4, 0.5) is 4.39 Å². The van der Waals surface area contributed by atoms with Crippen LogP contribution < -0.4 is 0 Å². The van der Waals surface area contributed by atoms with Gasteiger partial charge >= 0.3 is 0 Å². The predicted molar refractivity (Wildman–Crippen MR) is 85.8 cm³/mol. The van der Waals surface area contributed by atoms with Crippen LogP contribution in [-0.4, -0.2) is 9.97 Å². The third kappa shape index (κ3) is 3.04. The summed E-state index contributed by atoms with van der Waals surface area (Å²) < 4.78 is 13.6. The molecule has 1 aromatic carbocycles. The van der Waals surface area contributed by atoms with Gasteiger partial charge in [-0.2, -0.15) is 0 Å². The van der Waals surface area contributed by atoms with Crippen molar-refractivity contribution in [3.63, 3.8) is 0 Å². The van der Waals surface area contributed by atoms with Crippen molar-refractivity contribution in [2.24, 2.45) is 0 Å². The lowest BCUT2D eigenvalue weighted by Crippen LogP contribution is -1.93. The molecule has 106 valence electrons. The maximum atomic E-state index is 13.0. The first-order valence-electron chi connectivity index (χ1n) is 5.79. The van der Waals surface area contributed by atoms with Crippen LogP contribution >= 0.6 is 46.1 Å². The summed E-state index contributed by atoms with van der Waals surface area (Å²) in [4.78, 5) is 9.26. The SMILES string of the molecule is Fc1ccc(-c2c(Cl)nc(-c3ccc(Cl)s3)nc2Cl)cc1. The van der Waals surface area contributed by atoms with Crippen molar-refractivity contribution in [1.29, 1.82) is 0 Å². The van der Waals surface area contributed by atoms with Crippen LogP contribution in [0.5, 0.6) is 0 Å². The highest BCUT2D eigenvalue weighted by Crippen LogP contribution is 2.36. The molecular formula is C14H6Cl3FN2S. The van der Waals surface area contributed by atoms with Gasteiger partial charge in [0, 0.05) is 0 Å². The van der Waals surface area contributed by atoms with Crippen LogP contribution in [-0.2, 0) is 0 Å². The largest absolute Gasteiger partial charge is 0.215 e. The molecule has 0 atom stereocenters. The Kier molecular flexibility index (Phi) is 4.13. The van der Waals surface area contributed by atoms with Gasteiger partial charge in [-0.3, -0.25) is 0 Å². The molecule has 7 heteroatoms. The zero-order valence-electron chi connectivity index (χ0n) is 10.3. The smallest absolute Gasteiger partial charge is 0.172 e. The summed E-state index contributed by atoms with van der Waals surface area (Å²) >= 11 is 19.6. The molecular weight excluding hydrogens is 354 g/mol. The van der Waals surface area contributed by atoms with Gasteiger partial charge in [0.15, 0.2) is 5.82 Å². The van der Waals surface area contributed by atoms with E-state index in [9.17, 15) is 4.39 Å². The predicted octanol–water partition coefficient (Wildman–Crippen LogP) is 5.97. The molecule has 21 heavy (non-hydrogen) atoms. The first-order chi connectivity index (χ1) is 10.0. The number of nitrogens with zero attached hydrogens (tertiary/aromatic N) is 2. The first-order valence-corrected chi connectivity index (χ1v) is 7.74. The normalized spacial score (nSPS) is 10.9. The molecule has 0 radical (unpaired) electrons. The van der Waals surface area contributed by atoms with Crippen molar-refractivity contribution in [1.82, 2.24) is 9.97 Å². The highest BCUT2D eigenvalue weighted by molar-refractivity contribution is 7.19. The Bertz CT molecular complexity index is 779. The lowest BCUT2D eigenvalue weighted by atomic mass is 10.1. The van der Waals surface area contributed by atoms with E-state index in [4.69, 9.17) is 34.8 Å². The Morgan fingerprint density at radius 2 is 1.48 bits per heavy atom. The minimum Gasteiger partial charge on any atom is -0.215 e. The summed E-state index contributed by atoms with van der Waals surface area (Å²) in [5.74, 6) is 0.0736. The molecule has 0 spiro atoms. The lowest BCUT2D eigenvalue weighted by Gasteiger charge is -2.07. The van der Waals surface area contributed by atoms with Crippen molar-refractivity contribution >= 4 is 46.1 Å². The second-order valence-corrected chi connectivity index (χ2v) is 6.55. The van der Waals surface area contributed by atoms with Crippen LogP contribution in [0.25, 0.3) is 21.8 Å². The maximum absolute atomic E-state index is 13.0. The molecule has 3 rings (SSSR count). The molecule has 3 aromatic rings. The lowest BCUT2D eigenvalue weighted by molar-refractivity contribution is 0.628. The molecule has 0 saturated heterocycles. The molecule has 0 fully saturated rings. The van der Waals surface area contributed by atoms with E-state index in [1.165, 1.54) is 23.5 Å². The quantitative estimate of drug-likeness (QED) is 0.527. The molecule has 0 amide bonds. The number of rotatable bonds is 2. The van der Waals surface area contributed by atoms with E-state index >= 15 is 0 Å². The van der Waals surface area contributed by atoms with Crippen LogP contribution in [0.3, 0.4) is 0 Å². The highest BCUT2D eigenvalue weighted by Gasteiger charge is 2.15. The highest BCUT2D eigenvalue weighted by atomic mass is 35.5. The fourth-order valence-electron chi connectivity index (χ4n) is 1.81. The molecule has 2 heterocycles. The van der Waals surface area contributed by atoms with Crippen molar-refractivity contribution < 1.29 is 4.39 Å². The van der Waals surface area contributed by atoms with Gasteiger partial charge in [-0.05, 0) is 29.8 Å². The summed E-state index contributed by atoms with van der Waals surface area (Å²) in [6, 6.07) is 9.36. The van der Waals surface area contributed by atoms with Gasteiger partial charge in [0.1, 0.15) is 16.1 Å². The van der Waals surface area contributed by atoms with Crippen LogP contribution in [0.15, 0.2) is 36.4 Å². The second-order valence-electron chi connectivity index (χ2n) is 4.11. The molecule has 0 bridgehead atoms. The minimum absolute atomic E-state index is 0.209. The van der Waals surface area contributed by atoms with Crippen molar-refractivity contribution in [3.05, 3.63) is 56.9 Å². The molecule has 0 saturated carbocycles. The Labute approximate surface area is 139 Å². The topological polar surface area (TPSA) is 25.8 Å². The Morgan fingerprint density at radius 3 is 2.00 bits per heavy atom. The maximum Gasteiger partial charge on any atom is 0.172 e. The first kappa shape index (κ1) is 14.7. The Morgan fingerprint density at radius 1 is 0.857 bits per heavy atom. The second kappa shape index (κ2) is 5.89. The van der Waals surface area contributed by atoms with E-state index in [0.29, 0.717) is 21.3 Å². The number of benzene rings is 1. The van der Waals surface area contributed by atoms with E-state index in [0.717, 1.165) is 4.88 Å². The number of aromatic nitrogens is 2. The molecule has 0 N–H and O–H groups in total. The molecule has 2 aromatic heterocycles. The molecule has 0 aliphatic rings. The molecule has 2 nitrogen and oxygen atoms in total. The fourth-order valence-corrected chi connectivity index (χ4v) is 3.39. The Hall–Kier alpha value is -1.20. The van der Waals surface area contributed by atoms with Crippen LogP contribution in [0, 0.1) is 5.82 Å². The van der Waals surface area contributed by atoms with Gasteiger partial charge in [0.25, 0.3) is 0 Å². The van der Waals surface area contributed by atoms with Crippen molar-refractivity contribution in [2.45, 2.75) is 0 Å². The van der Waals surface area contributed by atoms with E-state index in [1.54, 1.807) is 24.3 Å². The van der Waals surface area contributed by atoms with E-state index in [-0.39, 0.29) is 16.1 Å². The third-order valence-corrected chi connectivity index (χ3v) is 4.52. The van der Waals surface area contributed by atoms with Crippen molar-refractivity contribution in [3.8, 4) is 21.8 Å². The number of hydrogen-bond donors (Lipinski definition) is 0. The monoisotopic (exact) mass is 358 g/mol. The van der Waals surface area contributed by atoms with Gasteiger partial charge in [-0.1, -0.05) is 46.9 Å². The van der Waals surface area contributed by atoms with E-state index in [1.807, 2.05) is 0 Å². The molecule has 0 unspecified atom stereocenters. The zero-order valence-corrected chi connectivity index (χ0v) is 13.4. The average molecular weight is 360 g/mol. The summed E-state index contributed by atoms with van der Waals surface area (Å²) in [7, 11) is 0. The van der Waals surface area contributed by atoms with Crippen LogP contribution in [0.2, 0.25) is 14.6 Å². The Balaban J connectivity index is 2.10. The number of hydrogen-bond acceptors (Lipinski definition) is 3. The van der Waals surface area contributed by atoms with Gasteiger partial charge in [-0.25, -0.2) is 14.4 Å². The van der Waals surface area contributed by atoms with E-state index < -0.39 is 0 Å². The number of halogens is 4. The average Bonchev–Trinajstić information content (AvgIpc) is 2.87. The summed E-state index contributed by atoms with van der Waals surface area (Å²) in [6.45, 7) is 0. The summed E-state index contributed by atoms with van der Waals surface area (Å²) in [5.41, 5.74) is 1.13. The molecule has 0 aliphatic heterocycles. The van der Waals surface area contributed by atoms with Gasteiger partial charge in [0.05, 0.1) is 14.8 Å². The summed E-state index contributed by atoms with van der Waals surface area (Å²) in [5, 5.41) is 0.419. The fraction of sp³-hybridized carbons (Fsp3) is 0.